The molecule has 0 aromatic carbocycles. The summed E-state index contributed by atoms with van der Waals surface area (Å²) in [5.41, 5.74) is 3.42. The maximum absolute atomic E-state index is 6.12. The summed E-state index contributed by atoms with van der Waals surface area (Å²) in [5, 5.41) is 0. The number of nitrogens with zero attached hydrogens (tertiary/aromatic N) is 5. The van der Waals surface area contributed by atoms with Crippen LogP contribution in [-0.4, -0.2) is 52.7 Å². The lowest BCUT2D eigenvalue weighted by Gasteiger charge is -2.34. The van der Waals surface area contributed by atoms with E-state index >= 15 is 0 Å². The SMILES string of the molecule is Clc1ccc(CN2CCc3nc(-c4ccncc4)nc(N4CCOCC4)c3C2)s1. The van der Waals surface area contributed by atoms with E-state index in [1.807, 2.05) is 18.2 Å². The van der Waals surface area contributed by atoms with Crippen molar-refractivity contribution in [1.82, 2.24) is 19.9 Å². The van der Waals surface area contributed by atoms with Gasteiger partial charge in [0.2, 0.25) is 0 Å². The second kappa shape index (κ2) is 8.36. The monoisotopic (exact) mass is 427 g/mol. The summed E-state index contributed by atoms with van der Waals surface area (Å²) in [4.78, 5) is 20.2. The van der Waals surface area contributed by atoms with Crippen LogP contribution in [0.5, 0.6) is 0 Å². The Bertz CT molecular complexity index is 990. The topological polar surface area (TPSA) is 54.4 Å². The van der Waals surface area contributed by atoms with E-state index in [0.29, 0.717) is 0 Å². The fourth-order valence-corrected chi connectivity index (χ4v) is 5.04. The third kappa shape index (κ3) is 4.14. The van der Waals surface area contributed by atoms with Gasteiger partial charge in [0.05, 0.1) is 23.2 Å². The molecule has 0 N–H and O–H groups in total. The zero-order valence-corrected chi connectivity index (χ0v) is 17.6. The molecule has 1 saturated heterocycles. The van der Waals surface area contributed by atoms with E-state index < -0.39 is 0 Å². The first-order valence-electron chi connectivity index (χ1n) is 9.86. The first-order valence-corrected chi connectivity index (χ1v) is 11.0. The smallest absolute Gasteiger partial charge is 0.161 e. The molecule has 3 aromatic heterocycles. The van der Waals surface area contributed by atoms with E-state index in [9.17, 15) is 0 Å². The molecule has 0 saturated carbocycles. The summed E-state index contributed by atoms with van der Waals surface area (Å²) >= 11 is 7.77. The van der Waals surface area contributed by atoms with E-state index in [0.717, 1.165) is 79.6 Å². The van der Waals surface area contributed by atoms with Gasteiger partial charge in [-0.25, -0.2) is 9.97 Å². The second-order valence-electron chi connectivity index (χ2n) is 7.30. The lowest BCUT2D eigenvalue weighted by molar-refractivity contribution is 0.122. The van der Waals surface area contributed by atoms with Crippen molar-refractivity contribution >= 4 is 28.8 Å². The summed E-state index contributed by atoms with van der Waals surface area (Å²) in [6.07, 6.45) is 4.51. The highest BCUT2D eigenvalue weighted by Crippen LogP contribution is 2.31. The largest absolute Gasteiger partial charge is 0.378 e. The summed E-state index contributed by atoms with van der Waals surface area (Å²) in [6, 6.07) is 8.04. The third-order valence-corrected chi connectivity index (χ3v) is 6.59. The number of fused-ring (bicyclic) bond motifs is 1. The van der Waals surface area contributed by atoms with Crippen LogP contribution in [0.2, 0.25) is 4.34 Å². The standard InChI is InChI=1S/C21H22ClN5OS/c22-19-2-1-16(29-19)13-26-8-5-18-17(14-26)21(27-9-11-28-12-10-27)25-20(24-18)15-3-6-23-7-4-15/h1-4,6-7H,5,8-14H2. The van der Waals surface area contributed by atoms with Crippen LogP contribution in [0.4, 0.5) is 5.82 Å². The molecule has 29 heavy (non-hydrogen) atoms. The number of ether oxygens (including phenoxy) is 1. The molecule has 2 aliphatic rings. The van der Waals surface area contributed by atoms with Crippen molar-refractivity contribution in [2.75, 3.05) is 37.7 Å². The Labute approximate surface area is 179 Å². The Morgan fingerprint density at radius 3 is 2.62 bits per heavy atom. The molecule has 0 unspecified atom stereocenters. The molecule has 0 spiro atoms. The van der Waals surface area contributed by atoms with Gasteiger partial charge in [0, 0.05) is 67.5 Å². The van der Waals surface area contributed by atoms with E-state index in [1.54, 1.807) is 23.7 Å². The van der Waals surface area contributed by atoms with Crippen molar-refractivity contribution in [2.45, 2.75) is 19.5 Å². The minimum Gasteiger partial charge on any atom is -0.378 e. The predicted molar refractivity (Wildman–Crippen MR) is 115 cm³/mol. The average Bonchev–Trinajstić information content (AvgIpc) is 3.18. The predicted octanol–water partition coefficient (Wildman–Crippen LogP) is 3.65. The van der Waals surface area contributed by atoms with Gasteiger partial charge < -0.3 is 9.64 Å². The first kappa shape index (κ1) is 18.9. The maximum Gasteiger partial charge on any atom is 0.161 e. The van der Waals surface area contributed by atoms with Gasteiger partial charge >= 0.3 is 0 Å². The molecule has 150 valence electrons. The van der Waals surface area contributed by atoms with Crippen molar-refractivity contribution in [3.05, 3.63) is 57.1 Å². The van der Waals surface area contributed by atoms with Gasteiger partial charge in [0.15, 0.2) is 5.82 Å². The van der Waals surface area contributed by atoms with Crippen molar-refractivity contribution in [2.24, 2.45) is 0 Å². The Morgan fingerprint density at radius 1 is 1.03 bits per heavy atom. The second-order valence-corrected chi connectivity index (χ2v) is 9.10. The van der Waals surface area contributed by atoms with Gasteiger partial charge in [-0.2, -0.15) is 0 Å². The van der Waals surface area contributed by atoms with Crippen molar-refractivity contribution in [3.8, 4) is 11.4 Å². The Hall–Kier alpha value is -2.06. The molecular formula is C21H22ClN5OS. The molecule has 0 aliphatic carbocycles. The molecule has 8 heteroatoms. The number of morpholine rings is 1. The Morgan fingerprint density at radius 2 is 1.86 bits per heavy atom. The fraction of sp³-hybridized carbons (Fsp3) is 0.381. The molecule has 5 rings (SSSR count). The van der Waals surface area contributed by atoms with Crippen LogP contribution in [-0.2, 0) is 24.2 Å². The van der Waals surface area contributed by atoms with Crippen LogP contribution < -0.4 is 4.90 Å². The average molecular weight is 428 g/mol. The van der Waals surface area contributed by atoms with E-state index in [4.69, 9.17) is 26.3 Å². The zero-order chi connectivity index (χ0) is 19.6. The normalized spacial score (nSPS) is 17.3. The van der Waals surface area contributed by atoms with E-state index in [-0.39, 0.29) is 0 Å². The molecule has 0 amide bonds. The first-order chi connectivity index (χ1) is 14.3. The van der Waals surface area contributed by atoms with Gasteiger partial charge in [0.1, 0.15) is 5.82 Å². The van der Waals surface area contributed by atoms with Gasteiger partial charge in [0.25, 0.3) is 0 Å². The number of anilines is 1. The highest BCUT2D eigenvalue weighted by atomic mass is 35.5. The third-order valence-electron chi connectivity index (χ3n) is 5.37. The lowest BCUT2D eigenvalue weighted by atomic mass is 10.0. The van der Waals surface area contributed by atoms with Crippen LogP contribution in [0, 0.1) is 0 Å². The fourth-order valence-electron chi connectivity index (χ4n) is 3.91. The molecule has 6 nitrogen and oxygen atoms in total. The minimum atomic E-state index is 0.737. The van der Waals surface area contributed by atoms with Crippen LogP contribution in [0.3, 0.4) is 0 Å². The highest BCUT2D eigenvalue weighted by molar-refractivity contribution is 7.16. The molecule has 5 heterocycles. The van der Waals surface area contributed by atoms with Crippen LogP contribution >= 0.6 is 22.9 Å². The number of hydrogen-bond donors (Lipinski definition) is 0. The lowest BCUT2D eigenvalue weighted by Crippen LogP contribution is -2.39. The molecular weight excluding hydrogens is 406 g/mol. The quantitative estimate of drug-likeness (QED) is 0.633. The van der Waals surface area contributed by atoms with Crippen LogP contribution in [0.1, 0.15) is 16.1 Å². The number of halogens is 1. The number of rotatable bonds is 4. The van der Waals surface area contributed by atoms with Gasteiger partial charge in [-0.3, -0.25) is 9.88 Å². The molecule has 2 aliphatic heterocycles. The molecule has 1 fully saturated rings. The van der Waals surface area contributed by atoms with Crippen molar-refractivity contribution in [1.29, 1.82) is 0 Å². The van der Waals surface area contributed by atoms with Gasteiger partial charge in [-0.15, -0.1) is 11.3 Å². The van der Waals surface area contributed by atoms with E-state index in [1.165, 1.54) is 10.4 Å². The van der Waals surface area contributed by atoms with Crippen molar-refractivity contribution in [3.63, 3.8) is 0 Å². The minimum absolute atomic E-state index is 0.737. The van der Waals surface area contributed by atoms with Gasteiger partial charge in [-0.1, -0.05) is 11.6 Å². The molecule has 0 bridgehead atoms. The number of hydrogen-bond acceptors (Lipinski definition) is 7. The summed E-state index contributed by atoms with van der Waals surface area (Å²) in [5.74, 6) is 1.84. The molecule has 0 radical (unpaired) electrons. The van der Waals surface area contributed by atoms with Gasteiger partial charge in [-0.05, 0) is 24.3 Å². The maximum atomic E-state index is 6.12. The zero-order valence-electron chi connectivity index (χ0n) is 16.1. The Kier molecular flexibility index (Phi) is 5.46. The summed E-state index contributed by atoms with van der Waals surface area (Å²) < 4.78 is 6.41. The highest BCUT2D eigenvalue weighted by Gasteiger charge is 2.26. The van der Waals surface area contributed by atoms with Crippen LogP contribution in [0.25, 0.3) is 11.4 Å². The summed E-state index contributed by atoms with van der Waals surface area (Å²) in [6.45, 7) is 5.94. The number of aromatic nitrogens is 3. The van der Waals surface area contributed by atoms with E-state index in [2.05, 4.69) is 20.9 Å². The molecule has 3 aromatic rings. The van der Waals surface area contributed by atoms with Crippen molar-refractivity contribution < 1.29 is 4.74 Å². The van der Waals surface area contributed by atoms with Crippen LogP contribution in [0.15, 0.2) is 36.7 Å². The number of thiophene rings is 1. The Balaban J connectivity index is 1.49. The molecule has 0 atom stereocenters. The summed E-state index contributed by atoms with van der Waals surface area (Å²) in [7, 11) is 0. The number of pyridine rings is 1.